The van der Waals surface area contributed by atoms with Crippen molar-refractivity contribution in [2.45, 2.75) is 19.8 Å². The number of hydrogen-bond donors (Lipinski definition) is 2. The molecule has 20 heavy (non-hydrogen) atoms. The zero-order chi connectivity index (χ0) is 14.5. The lowest BCUT2D eigenvalue weighted by Crippen LogP contribution is -2.29. The summed E-state index contributed by atoms with van der Waals surface area (Å²) in [6.45, 7) is 2.39. The SMILES string of the molecule is CC(CNC(=O)c1cc(C#CCO)ccc1F)C1CC1. The highest BCUT2D eigenvalue weighted by atomic mass is 19.1. The van der Waals surface area contributed by atoms with Gasteiger partial charge < -0.3 is 10.4 Å². The van der Waals surface area contributed by atoms with Crippen molar-refractivity contribution in [1.29, 1.82) is 0 Å². The van der Waals surface area contributed by atoms with Crippen LogP contribution in [0.1, 0.15) is 35.7 Å². The van der Waals surface area contributed by atoms with E-state index in [1.165, 1.54) is 31.0 Å². The highest BCUT2D eigenvalue weighted by Crippen LogP contribution is 2.36. The van der Waals surface area contributed by atoms with Crippen LogP contribution in [-0.4, -0.2) is 24.2 Å². The summed E-state index contributed by atoms with van der Waals surface area (Å²) in [4.78, 5) is 12.0. The minimum Gasteiger partial charge on any atom is -0.384 e. The Hall–Kier alpha value is -1.86. The lowest BCUT2D eigenvalue weighted by atomic mass is 10.1. The van der Waals surface area contributed by atoms with Crippen molar-refractivity contribution in [3.63, 3.8) is 0 Å². The number of benzene rings is 1. The Morgan fingerprint density at radius 1 is 1.55 bits per heavy atom. The molecule has 3 nitrogen and oxygen atoms in total. The normalized spacial score (nSPS) is 15.2. The fourth-order valence-corrected chi connectivity index (χ4v) is 2.10. The quantitative estimate of drug-likeness (QED) is 0.825. The van der Waals surface area contributed by atoms with Crippen molar-refractivity contribution in [2.75, 3.05) is 13.2 Å². The standard InChI is InChI=1S/C16H18FNO2/c1-11(13-5-6-13)10-18-16(20)14-9-12(3-2-8-19)4-7-15(14)17/h4,7,9,11,13,19H,5-6,8,10H2,1H3,(H,18,20). The van der Waals surface area contributed by atoms with E-state index in [4.69, 9.17) is 5.11 Å². The van der Waals surface area contributed by atoms with Crippen LogP contribution in [0.15, 0.2) is 18.2 Å². The predicted molar refractivity (Wildman–Crippen MR) is 74.6 cm³/mol. The second kappa shape index (κ2) is 6.53. The van der Waals surface area contributed by atoms with E-state index < -0.39 is 11.7 Å². The van der Waals surface area contributed by atoms with Crippen molar-refractivity contribution in [2.24, 2.45) is 11.8 Å². The maximum Gasteiger partial charge on any atom is 0.254 e. The van der Waals surface area contributed by atoms with E-state index in [9.17, 15) is 9.18 Å². The maximum atomic E-state index is 13.7. The van der Waals surface area contributed by atoms with Crippen molar-refractivity contribution in [1.82, 2.24) is 5.32 Å². The molecule has 0 saturated heterocycles. The average Bonchev–Trinajstić information content (AvgIpc) is 3.28. The lowest BCUT2D eigenvalue weighted by molar-refractivity contribution is 0.0942. The zero-order valence-electron chi connectivity index (χ0n) is 11.4. The van der Waals surface area contributed by atoms with Gasteiger partial charge in [0.15, 0.2) is 0 Å². The third-order valence-corrected chi connectivity index (χ3v) is 3.53. The zero-order valence-corrected chi connectivity index (χ0v) is 11.4. The summed E-state index contributed by atoms with van der Waals surface area (Å²) in [6.07, 6.45) is 2.44. The van der Waals surface area contributed by atoms with Gasteiger partial charge >= 0.3 is 0 Å². The van der Waals surface area contributed by atoms with Crippen LogP contribution in [0.3, 0.4) is 0 Å². The number of aliphatic hydroxyl groups is 1. The Kier molecular flexibility index (Phi) is 4.75. The molecule has 0 aliphatic heterocycles. The van der Waals surface area contributed by atoms with Gasteiger partial charge in [0.05, 0.1) is 5.56 Å². The summed E-state index contributed by atoms with van der Waals surface area (Å²) in [6, 6.07) is 4.12. The smallest absolute Gasteiger partial charge is 0.254 e. The Morgan fingerprint density at radius 2 is 2.30 bits per heavy atom. The summed E-state index contributed by atoms with van der Waals surface area (Å²) >= 11 is 0. The van der Waals surface area contributed by atoms with Crippen LogP contribution in [0.4, 0.5) is 4.39 Å². The van der Waals surface area contributed by atoms with Gasteiger partial charge in [0.25, 0.3) is 5.91 Å². The van der Waals surface area contributed by atoms with Crippen LogP contribution in [0.25, 0.3) is 0 Å². The van der Waals surface area contributed by atoms with Crippen molar-refractivity contribution < 1.29 is 14.3 Å². The Morgan fingerprint density at radius 3 is 2.95 bits per heavy atom. The van der Waals surface area contributed by atoms with Crippen LogP contribution in [0.5, 0.6) is 0 Å². The molecule has 2 rings (SSSR count). The summed E-state index contributed by atoms with van der Waals surface area (Å²) < 4.78 is 13.7. The van der Waals surface area contributed by atoms with Crippen LogP contribution >= 0.6 is 0 Å². The maximum absolute atomic E-state index is 13.7. The Labute approximate surface area is 118 Å². The molecule has 0 aromatic heterocycles. The summed E-state index contributed by atoms with van der Waals surface area (Å²) in [5, 5.41) is 11.4. The highest BCUT2D eigenvalue weighted by molar-refractivity contribution is 5.94. The second-order valence-corrected chi connectivity index (χ2v) is 5.18. The molecule has 0 heterocycles. The van der Waals surface area contributed by atoms with Gasteiger partial charge in [-0.25, -0.2) is 4.39 Å². The van der Waals surface area contributed by atoms with Gasteiger partial charge in [-0.3, -0.25) is 4.79 Å². The first-order valence-corrected chi connectivity index (χ1v) is 6.79. The number of carbonyl (C=O) groups is 1. The number of hydrogen-bond acceptors (Lipinski definition) is 2. The van der Waals surface area contributed by atoms with E-state index >= 15 is 0 Å². The largest absolute Gasteiger partial charge is 0.384 e. The molecular formula is C16H18FNO2. The summed E-state index contributed by atoms with van der Waals surface area (Å²) in [5.41, 5.74) is 0.513. The summed E-state index contributed by atoms with van der Waals surface area (Å²) in [5.74, 6) is 5.29. The van der Waals surface area contributed by atoms with Gasteiger partial charge in [-0.05, 0) is 42.9 Å². The van der Waals surface area contributed by atoms with E-state index in [2.05, 4.69) is 24.1 Å². The monoisotopic (exact) mass is 275 g/mol. The molecule has 0 radical (unpaired) electrons. The molecule has 1 amide bonds. The van der Waals surface area contributed by atoms with E-state index in [-0.39, 0.29) is 12.2 Å². The molecule has 0 bridgehead atoms. The van der Waals surface area contributed by atoms with Crippen LogP contribution in [-0.2, 0) is 0 Å². The van der Waals surface area contributed by atoms with Gasteiger partial charge in [-0.1, -0.05) is 18.8 Å². The molecule has 1 fully saturated rings. The Balaban J connectivity index is 2.03. The number of amides is 1. The molecule has 1 aliphatic carbocycles. The van der Waals surface area contributed by atoms with E-state index in [1.807, 2.05) is 0 Å². The van der Waals surface area contributed by atoms with E-state index in [0.717, 1.165) is 0 Å². The second-order valence-electron chi connectivity index (χ2n) is 5.18. The average molecular weight is 275 g/mol. The molecular weight excluding hydrogens is 257 g/mol. The number of nitrogens with one attached hydrogen (secondary N) is 1. The van der Waals surface area contributed by atoms with Crippen molar-refractivity contribution in [3.8, 4) is 11.8 Å². The Bertz CT molecular complexity index is 555. The highest BCUT2D eigenvalue weighted by Gasteiger charge is 2.28. The van der Waals surface area contributed by atoms with E-state index in [1.54, 1.807) is 0 Å². The minimum atomic E-state index is -0.559. The van der Waals surface area contributed by atoms with Gasteiger partial charge in [0, 0.05) is 12.1 Å². The third kappa shape index (κ3) is 3.82. The van der Waals surface area contributed by atoms with Crippen LogP contribution in [0, 0.1) is 29.5 Å². The minimum absolute atomic E-state index is 0.00210. The first kappa shape index (κ1) is 14.5. The molecule has 1 aromatic rings. The molecule has 1 atom stereocenters. The van der Waals surface area contributed by atoms with Gasteiger partial charge in [0.2, 0.25) is 0 Å². The van der Waals surface area contributed by atoms with Crippen LogP contribution < -0.4 is 5.32 Å². The van der Waals surface area contributed by atoms with Gasteiger partial charge in [-0.15, -0.1) is 0 Å². The summed E-state index contributed by atoms with van der Waals surface area (Å²) in [7, 11) is 0. The fourth-order valence-electron chi connectivity index (χ4n) is 2.10. The molecule has 1 aliphatic rings. The van der Waals surface area contributed by atoms with Crippen molar-refractivity contribution in [3.05, 3.63) is 35.1 Å². The van der Waals surface area contributed by atoms with Gasteiger partial charge in [0.1, 0.15) is 12.4 Å². The molecule has 1 aromatic carbocycles. The molecule has 1 saturated carbocycles. The number of aliphatic hydroxyl groups excluding tert-OH is 1. The topological polar surface area (TPSA) is 49.3 Å². The van der Waals surface area contributed by atoms with Crippen molar-refractivity contribution >= 4 is 5.91 Å². The first-order chi connectivity index (χ1) is 9.61. The molecule has 2 N–H and O–H groups in total. The molecule has 1 unspecified atom stereocenters. The fraction of sp³-hybridized carbons (Fsp3) is 0.438. The number of carbonyl (C=O) groups excluding carboxylic acids is 1. The molecule has 106 valence electrons. The third-order valence-electron chi connectivity index (χ3n) is 3.53. The van der Waals surface area contributed by atoms with Crippen LogP contribution in [0.2, 0.25) is 0 Å². The first-order valence-electron chi connectivity index (χ1n) is 6.79. The number of halogens is 1. The number of rotatable bonds is 4. The predicted octanol–water partition coefficient (Wildman–Crippen LogP) is 1.95. The molecule has 0 spiro atoms. The molecule has 4 heteroatoms. The lowest BCUT2D eigenvalue weighted by Gasteiger charge is -2.11. The van der Waals surface area contributed by atoms with Gasteiger partial charge in [-0.2, -0.15) is 0 Å². The van der Waals surface area contributed by atoms with E-state index in [0.29, 0.717) is 23.9 Å².